The molecule has 11 nitrogen and oxygen atoms in total. The molecule has 1 aromatic rings. The Morgan fingerprint density at radius 2 is 1.79 bits per heavy atom. The highest BCUT2D eigenvalue weighted by atomic mass is 16.5. The molecule has 0 spiro atoms. The third-order valence-corrected chi connectivity index (χ3v) is 14.2. The third-order valence-electron chi connectivity index (χ3n) is 14.2. The lowest BCUT2D eigenvalue weighted by Crippen LogP contribution is -2.65. The van der Waals surface area contributed by atoms with Crippen LogP contribution < -0.4 is 5.32 Å². The minimum atomic E-state index is -1.11. The molecule has 12 atom stereocenters. The van der Waals surface area contributed by atoms with Crippen molar-refractivity contribution in [3.05, 3.63) is 41.0 Å². The number of ether oxygens (including phenoxy) is 1. The van der Waals surface area contributed by atoms with Crippen molar-refractivity contribution in [2.45, 2.75) is 144 Å². The minimum Gasteiger partial charge on any atom is -0.481 e. The summed E-state index contributed by atoms with van der Waals surface area (Å²) in [5, 5.41) is 35.9. The Kier molecular flexibility index (Phi) is 11.7. The molecule has 4 aliphatic carbocycles. The number of carboxylic acid groups (broad SMARTS) is 1. The molecule has 1 heterocycles. The summed E-state index contributed by atoms with van der Waals surface area (Å²) in [6, 6.07) is -0.965. The highest BCUT2D eigenvalue weighted by molar-refractivity contribution is 5.98. The molecule has 5 rings (SSSR count). The topological polar surface area (TPSA) is 179 Å². The zero-order valence-electron chi connectivity index (χ0n) is 32.3. The number of carboxylic acids is 1. The number of nitrogens with zero attached hydrogens (tertiary/aromatic N) is 1. The molecule has 288 valence electrons. The zero-order chi connectivity index (χ0) is 38.3. The fraction of sp³-hybridized carbons (Fsp3) is 0.732. The molecule has 0 aromatic carbocycles. The second kappa shape index (κ2) is 15.2. The summed E-state index contributed by atoms with van der Waals surface area (Å²) in [5.41, 5.74) is 1.97. The van der Waals surface area contributed by atoms with Crippen LogP contribution >= 0.6 is 0 Å². The molecule has 4 saturated carbocycles. The molecular weight excluding hydrogens is 662 g/mol. The summed E-state index contributed by atoms with van der Waals surface area (Å²) < 4.78 is 6.10. The number of carbonyl (C=O) groups excluding carboxylic acids is 3. The highest BCUT2D eigenvalue weighted by Crippen LogP contribution is 2.74. The average Bonchev–Trinajstić information content (AvgIpc) is 3.66. The minimum absolute atomic E-state index is 0.0307. The van der Waals surface area contributed by atoms with E-state index < -0.39 is 53.2 Å². The van der Waals surface area contributed by atoms with E-state index in [2.05, 4.69) is 49.1 Å². The van der Waals surface area contributed by atoms with Gasteiger partial charge in [0.1, 0.15) is 6.10 Å². The van der Waals surface area contributed by atoms with E-state index in [1.165, 1.54) is 19.4 Å². The van der Waals surface area contributed by atoms with Gasteiger partial charge in [-0.1, -0.05) is 39.3 Å². The van der Waals surface area contributed by atoms with Crippen molar-refractivity contribution in [2.24, 2.45) is 45.8 Å². The second-order valence-corrected chi connectivity index (χ2v) is 17.5. The highest BCUT2D eigenvalue weighted by Gasteiger charge is 2.70. The van der Waals surface area contributed by atoms with Gasteiger partial charge in [-0.15, -0.1) is 0 Å². The lowest BCUT2D eigenvalue weighted by Gasteiger charge is -2.69. The SMILES string of the molecule is CC(=O)O[C@H]1C[C@@]2(C)[C@@H](C[C@@H](O)[C@@H]3[C@@]4(C)CC[C@@H](O)[C@@H](C)[C@@H]4CC[C@@]32C)/C1=C(\CCC=C(C)C)C(=O)NC(C)C(=O)CC(Cc1cnc[nH]1)C(=O)O. The van der Waals surface area contributed by atoms with Crippen LogP contribution in [0.25, 0.3) is 0 Å². The standard InChI is InChI=1S/C41H61N3O8/c1-22(2)10-9-11-28(37(49)44-24(4)32(47)17-26(38(50)51)16-27-20-42-21-43-27)35-30-18-33(48)36-39(6)14-13-31(46)23(3)29(39)12-15-40(36,7)41(30,8)19-34(35)52-25(5)45/h10,20-21,23-24,26,29-31,33-34,36,46,48H,9,11-19H2,1-8H3,(H,42,43)(H,44,49)(H,50,51)/b35-28-/t23-,24?,26?,29-,30-,31+,33+,34-,36+,39-,40-,41-/m0/s1. The number of hydrogen-bond donors (Lipinski definition) is 5. The molecule has 2 unspecified atom stereocenters. The lowest BCUT2D eigenvalue weighted by molar-refractivity contribution is -0.234. The summed E-state index contributed by atoms with van der Waals surface area (Å²) in [7, 11) is 0. The van der Waals surface area contributed by atoms with Crippen molar-refractivity contribution >= 4 is 23.6 Å². The monoisotopic (exact) mass is 723 g/mol. The average molecular weight is 724 g/mol. The Balaban J connectivity index is 1.51. The predicted octanol–water partition coefficient (Wildman–Crippen LogP) is 5.71. The molecule has 5 N–H and O–H groups in total. The Labute approximate surface area is 308 Å². The van der Waals surface area contributed by atoms with Gasteiger partial charge in [0.05, 0.1) is 30.5 Å². The van der Waals surface area contributed by atoms with Gasteiger partial charge in [0, 0.05) is 37.2 Å². The number of aliphatic hydroxyl groups is 2. The number of rotatable bonds is 12. The normalized spacial score (nSPS) is 37.4. The number of fused-ring (bicyclic) bond motifs is 5. The number of aromatic nitrogens is 2. The predicted molar refractivity (Wildman–Crippen MR) is 196 cm³/mol. The molecule has 0 radical (unpaired) electrons. The quantitative estimate of drug-likeness (QED) is 0.103. The number of nitrogens with one attached hydrogen (secondary N) is 2. The lowest BCUT2D eigenvalue weighted by atomic mass is 9.36. The van der Waals surface area contributed by atoms with Crippen LogP contribution in [0, 0.1) is 45.8 Å². The third kappa shape index (κ3) is 7.28. The maximum absolute atomic E-state index is 14.5. The van der Waals surface area contributed by atoms with E-state index in [4.69, 9.17) is 4.74 Å². The van der Waals surface area contributed by atoms with Crippen molar-refractivity contribution in [1.82, 2.24) is 15.3 Å². The number of aliphatic carboxylic acids is 1. The number of amides is 1. The van der Waals surface area contributed by atoms with Crippen LogP contribution in [-0.4, -0.2) is 73.3 Å². The van der Waals surface area contributed by atoms with Crippen molar-refractivity contribution in [1.29, 1.82) is 0 Å². The molecular formula is C41H61N3O8. The van der Waals surface area contributed by atoms with E-state index in [0.717, 1.165) is 30.4 Å². The van der Waals surface area contributed by atoms with Crippen LogP contribution in [0.1, 0.15) is 119 Å². The van der Waals surface area contributed by atoms with Crippen LogP contribution in [-0.2, 0) is 30.3 Å². The summed E-state index contributed by atoms with van der Waals surface area (Å²) in [4.78, 5) is 59.5. The molecule has 11 heteroatoms. The molecule has 1 amide bonds. The number of Topliss-reactive ketones (excluding diaryl/α,β-unsaturated/α-hetero) is 1. The largest absolute Gasteiger partial charge is 0.481 e. The number of allylic oxidation sites excluding steroid dienone is 2. The van der Waals surface area contributed by atoms with Gasteiger partial charge < -0.3 is 30.4 Å². The summed E-state index contributed by atoms with van der Waals surface area (Å²) >= 11 is 0. The van der Waals surface area contributed by atoms with Crippen LogP contribution in [0.2, 0.25) is 0 Å². The Morgan fingerprint density at radius 1 is 1.08 bits per heavy atom. The van der Waals surface area contributed by atoms with Gasteiger partial charge in [0.25, 0.3) is 0 Å². The first-order valence-electron chi connectivity index (χ1n) is 19.3. The zero-order valence-corrected chi connectivity index (χ0v) is 32.3. The number of esters is 1. The number of aromatic amines is 1. The Morgan fingerprint density at radius 3 is 2.40 bits per heavy atom. The maximum Gasteiger partial charge on any atom is 0.307 e. The molecule has 0 saturated heterocycles. The van der Waals surface area contributed by atoms with E-state index in [-0.39, 0.29) is 53.4 Å². The van der Waals surface area contributed by atoms with Crippen LogP contribution in [0.4, 0.5) is 0 Å². The maximum atomic E-state index is 14.5. The summed E-state index contributed by atoms with van der Waals surface area (Å²) in [6.45, 7) is 16.0. The van der Waals surface area contributed by atoms with E-state index in [1.807, 2.05) is 13.8 Å². The van der Waals surface area contributed by atoms with Crippen molar-refractivity contribution < 1.29 is 39.2 Å². The van der Waals surface area contributed by atoms with Crippen LogP contribution in [0.15, 0.2) is 35.3 Å². The Hall–Kier alpha value is -3.31. The fourth-order valence-electron chi connectivity index (χ4n) is 11.5. The molecule has 4 fully saturated rings. The van der Waals surface area contributed by atoms with Crippen molar-refractivity contribution in [2.75, 3.05) is 0 Å². The second-order valence-electron chi connectivity index (χ2n) is 17.5. The van der Waals surface area contributed by atoms with E-state index in [1.54, 1.807) is 6.92 Å². The van der Waals surface area contributed by atoms with Gasteiger partial charge in [-0.05, 0) is 118 Å². The molecule has 4 aliphatic rings. The number of imidazole rings is 1. The molecule has 52 heavy (non-hydrogen) atoms. The Bertz CT molecular complexity index is 1580. The summed E-state index contributed by atoms with van der Waals surface area (Å²) in [5.74, 6) is -3.23. The van der Waals surface area contributed by atoms with Gasteiger partial charge in [0.2, 0.25) is 5.91 Å². The first-order valence-corrected chi connectivity index (χ1v) is 19.3. The number of carbonyl (C=O) groups is 4. The first kappa shape index (κ1) is 39.9. The van der Waals surface area contributed by atoms with Crippen LogP contribution in [0.3, 0.4) is 0 Å². The van der Waals surface area contributed by atoms with Gasteiger partial charge in [-0.2, -0.15) is 0 Å². The smallest absolute Gasteiger partial charge is 0.307 e. The molecule has 0 aliphatic heterocycles. The van der Waals surface area contributed by atoms with Gasteiger partial charge >= 0.3 is 11.9 Å². The first-order chi connectivity index (χ1) is 24.3. The van der Waals surface area contributed by atoms with E-state index in [9.17, 15) is 34.5 Å². The number of ketones is 1. The molecule has 0 bridgehead atoms. The van der Waals surface area contributed by atoms with Gasteiger partial charge in [-0.3, -0.25) is 19.2 Å². The molecule has 1 aromatic heterocycles. The number of hydrogen-bond acceptors (Lipinski definition) is 8. The van der Waals surface area contributed by atoms with Gasteiger partial charge in [0.15, 0.2) is 5.78 Å². The van der Waals surface area contributed by atoms with Crippen molar-refractivity contribution in [3.8, 4) is 0 Å². The fourth-order valence-corrected chi connectivity index (χ4v) is 11.5. The van der Waals surface area contributed by atoms with E-state index >= 15 is 0 Å². The number of aliphatic hydroxyl groups excluding tert-OH is 2. The van der Waals surface area contributed by atoms with Crippen molar-refractivity contribution in [3.63, 3.8) is 0 Å². The van der Waals surface area contributed by atoms with Gasteiger partial charge in [-0.25, -0.2) is 4.98 Å². The van der Waals surface area contributed by atoms with Crippen LogP contribution in [0.5, 0.6) is 0 Å². The summed E-state index contributed by atoms with van der Waals surface area (Å²) in [6.07, 6.45) is 8.38. The van der Waals surface area contributed by atoms with E-state index in [0.29, 0.717) is 43.4 Å². The number of H-pyrrole nitrogens is 1.